The minimum atomic E-state index is -3.09. The molecule has 0 radical (unpaired) electrons. The highest BCUT2D eigenvalue weighted by molar-refractivity contribution is 7.91. The minimum absolute atomic E-state index is 0.0144. The Morgan fingerprint density at radius 2 is 1.67 bits per heavy atom. The summed E-state index contributed by atoms with van der Waals surface area (Å²) in [5.74, 6) is 0.381. The van der Waals surface area contributed by atoms with Crippen molar-refractivity contribution in [3.63, 3.8) is 0 Å². The van der Waals surface area contributed by atoms with Crippen LogP contribution in [0, 0.1) is 16.7 Å². The third-order valence-electron chi connectivity index (χ3n) is 6.92. The molecule has 24 heavy (non-hydrogen) atoms. The van der Waals surface area contributed by atoms with Crippen molar-refractivity contribution in [1.29, 1.82) is 0 Å². The molecule has 0 N–H and O–H groups in total. The summed E-state index contributed by atoms with van der Waals surface area (Å²) in [5, 5.41) is 0. The summed E-state index contributed by atoms with van der Waals surface area (Å²) in [6.45, 7) is 11.2. The molecule has 0 spiro atoms. The van der Waals surface area contributed by atoms with E-state index < -0.39 is 9.84 Å². The fourth-order valence-electron chi connectivity index (χ4n) is 4.76. The number of rotatable bonds is 4. The molecule has 2 heterocycles. The van der Waals surface area contributed by atoms with E-state index in [9.17, 15) is 13.2 Å². The van der Waals surface area contributed by atoms with E-state index in [1.54, 1.807) is 7.11 Å². The average molecular weight is 359 g/mol. The molecule has 0 aromatic rings. The normalized spacial score (nSPS) is 34.1. The number of fused-ring (bicyclic) bond motifs is 1. The Hall–Kier alpha value is -0.660. The van der Waals surface area contributed by atoms with Crippen molar-refractivity contribution in [2.75, 3.05) is 44.9 Å². The maximum atomic E-state index is 13.2. The van der Waals surface area contributed by atoms with E-state index in [2.05, 4.69) is 32.6 Å². The molecule has 3 aliphatic rings. The van der Waals surface area contributed by atoms with Crippen molar-refractivity contribution in [1.82, 2.24) is 9.80 Å². The highest BCUT2D eigenvalue weighted by Gasteiger charge is 2.69. The fourth-order valence-corrected chi connectivity index (χ4v) is 6.78. The minimum Gasteiger partial charge on any atom is -0.383 e. The van der Waals surface area contributed by atoms with Crippen LogP contribution >= 0.6 is 0 Å². The lowest BCUT2D eigenvalue weighted by Crippen LogP contribution is -2.61. The zero-order valence-electron chi connectivity index (χ0n) is 15.4. The molecule has 1 saturated carbocycles. The molecule has 3 rings (SSSR count). The van der Waals surface area contributed by atoms with Gasteiger partial charge in [0.1, 0.15) is 0 Å². The Kier molecular flexibility index (Phi) is 4.29. The lowest BCUT2D eigenvalue weighted by molar-refractivity contribution is -0.139. The van der Waals surface area contributed by atoms with Gasteiger partial charge in [0, 0.05) is 38.7 Å². The molecule has 0 aromatic heterocycles. The van der Waals surface area contributed by atoms with Gasteiger partial charge in [-0.3, -0.25) is 9.69 Å². The Balaban J connectivity index is 1.80. The second-order valence-electron chi connectivity index (χ2n) is 8.65. The van der Waals surface area contributed by atoms with Crippen LogP contribution in [-0.2, 0) is 19.4 Å². The average Bonchev–Trinajstić information content (AvgIpc) is 2.73. The van der Waals surface area contributed by atoms with Gasteiger partial charge in [-0.25, -0.2) is 8.42 Å². The third kappa shape index (κ3) is 2.69. The topological polar surface area (TPSA) is 66.9 Å². The number of carbonyl (C=O) groups excluding carboxylic acids is 1. The number of nitrogens with zero attached hydrogens (tertiary/aromatic N) is 2. The van der Waals surface area contributed by atoms with Gasteiger partial charge in [-0.2, -0.15) is 0 Å². The van der Waals surface area contributed by atoms with Gasteiger partial charge in [0.15, 0.2) is 9.84 Å². The van der Waals surface area contributed by atoms with Gasteiger partial charge in [-0.1, -0.05) is 27.7 Å². The molecule has 1 aliphatic carbocycles. The number of amides is 1. The van der Waals surface area contributed by atoms with Crippen LogP contribution in [0.5, 0.6) is 0 Å². The fraction of sp³-hybridized carbons (Fsp3) is 0.941. The van der Waals surface area contributed by atoms with Crippen LogP contribution in [0.2, 0.25) is 0 Å². The van der Waals surface area contributed by atoms with Crippen LogP contribution in [0.4, 0.5) is 0 Å². The van der Waals surface area contributed by atoms with Crippen LogP contribution in [0.15, 0.2) is 0 Å². The summed E-state index contributed by atoms with van der Waals surface area (Å²) in [5.41, 5.74) is -0.0471. The number of carbonyl (C=O) groups is 1. The lowest BCUT2D eigenvalue weighted by Gasteiger charge is -2.44. The van der Waals surface area contributed by atoms with Crippen LogP contribution in [0.1, 0.15) is 27.7 Å². The van der Waals surface area contributed by atoms with Crippen LogP contribution < -0.4 is 0 Å². The summed E-state index contributed by atoms with van der Waals surface area (Å²) in [7, 11) is -1.44. The Morgan fingerprint density at radius 1 is 1.08 bits per heavy atom. The third-order valence-corrected chi connectivity index (χ3v) is 8.62. The summed E-state index contributed by atoms with van der Waals surface area (Å²) >= 11 is 0. The Labute approximate surface area is 145 Å². The van der Waals surface area contributed by atoms with Crippen molar-refractivity contribution in [3.05, 3.63) is 0 Å². The van der Waals surface area contributed by atoms with E-state index >= 15 is 0 Å². The highest BCUT2D eigenvalue weighted by Crippen LogP contribution is 2.69. The van der Waals surface area contributed by atoms with Crippen LogP contribution in [-0.4, -0.2) is 81.1 Å². The quantitative estimate of drug-likeness (QED) is 0.737. The second-order valence-corrected chi connectivity index (χ2v) is 10.8. The zero-order valence-corrected chi connectivity index (χ0v) is 16.2. The molecule has 138 valence electrons. The van der Waals surface area contributed by atoms with E-state index in [1.165, 1.54) is 0 Å². The SMILES string of the molecule is COCCN1CCN(C(=O)C2C(C)(C)C2(C)C)[C@H]2CS(=O)(=O)C[C@H]21. The molecule has 2 aliphatic heterocycles. The molecule has 0 bridgehead atoms. The van der Waals surface area contributed by atoms with Gasteiger partial charge in [0.25, 0.3) is 0 Å². The number of ether oxygens (including phenoxy) is 1. The van der Waals surface area contributed by atoms with E-state index in [1.807, 2.05) is 4.90 Å². The number of hydrogen-bond acceptors (Lipinski definition) is 5. The van der Waals surface area contributed by atoms with Gasteiger partial charge < -0.3 is 9.64 Å². The maximum Gasteiger partial charge on any atom is 0.227 e. The highest BCUT2D eigenvalue weighted by atomic mass is 32.2. The molecule has 1 amide bonds. The molecule has 0 aromatic carbocycles. The van der Waals surface area contributed by atoms with Crippen LogP contribution in [0.3, 0.4) is 0 Å². The van der Waals surface area contributed by atoms with Gasteiger partial charge >= 0.3 is 0 Å². The van der Waals surface area contributed by atoms with Gasteiger partial charge in [0.2, 0.25) is 5.91 Å². The standard InChI is InChI=1S/C17H30N2O4S/c1-16(2)14(17(16,3)4)15(20)19-7-6-18(8-9-23-5)12-10-24(21,22)11-13(12)19/h12-14H,6-11H2,1-5H3/t12-,13+/m1/s1. The first-order valence-electron chi connectivity index (χ1n) is 8.77. The summed E-state index contributed by atoms with van der Waals surface area (Å²) in [4.78, 5) is 17.2. The maximum absolute atomic E-state index is 13.2. The Bertz CT molecular complexity index is 615. The number of piperazine rings is 1. The van der Waals surface area contributed by atoms with Crippen LogP contribution in [0.25, 0.3) is 0 Å². The molecule has 3 fully saturated rings. The van der Waals surface area contributed by atoms with Crippen molar-refractivity contribution < 1.29 is 17.9 Å². The second kappa shape index (κ2) is 5.68. The number of sulfone groups is 1. The molecular weight excluding hydrogens is 328 g/mol. The van der Waals surface area contributed by atoms with E-state index in [4.69, 9.17) is 4.74 Å². The first-order valence-corrected chi connectivity index (χ1v) is 10.6. The number of hydrogen-bond donors (Lipinski definition) is 0. The van der Waals surface area contributed by atoms with Gasteiger partial charge in [-0.05, 0) is 10.8 Å². The van der Waals surface area contributed by atoms with Crippen molar-refractivity contribution in [2.45, 2.75) is 39.8 Å². The summed E-state index contributed by atoms with van der Waals surface area (Å²) in [6.07, 6.45) is 0. The van der Waals surface area contributed by atoms with E-state index in [-0.39, 0.29) is 46.2 Å². The smallest absolute Gasteiger partial charge is 0.227 e. The molecule has 2 atom stereocenters. The molecule has 2 saturated heterocycles. The lowest BCUT2D eigenvalue weighted by atomic mass is 10.0. The monoisotopic (exact) mass is 358 g/mol. The molecular formula is C17H30N2O4S. The zero-order chi connectivity index (χ0) is 17.9. The Morgan fingerprint density at radius 3 is 2.21 bits per heavy atom. The molecule has 7 heteroatoms. The first kappa shape index (κ1) is 18.1. The van der Waals surface area contributed by atoms with Crippen molar-refractivity contribution in [2.24, 2.45) is 16.7 Å². The number of methoxy groups -OCH3 is 1. The summed E-state index contributed by atoms with van der Waals surface area (Å²) < 4.78 is 29.6. The predicted octanol–water partition coefficient (Wildman–Crippen LogP) is 0.625. The molecule has 6 nitrogen and oxygen atoms in total. The van der Waals surface area contributed by atoms with Crippen molar-refractivity contribution in [3.8, 4) is 0 Å². The largest absolute Gasteiger partial charge is 0.383 e. The van der Waals surface area contributed by atoms with Gasteiger partial charge in [-0.15, -0.1) is 0 Å². The van der Waals surface area contributed by atoms with Gasteiger partial charge in [0.05, 0.1) is 24.2 Å². The molecule has 0 unspecified atom stereocenters. The van der Waals surface area contributed by atoms with E-state index in [0.717, 1.165) is 13.1 Å². The predicted molar refractivity (Wildman–Crippen MR) is 92.4 cm³/mol. The van der Waals surface area contributed by atoms with Crippen molar-refractivity contribution >= 4 is 15.7 Å². The van der Waals surface area contributed by atoms with E-state index in [0.29, 0.717) is 13.2 Å². The summed E-state index contributed by atoms with van der Waals surface area (Å²) in [6, 6.07) is -0.298. The first-order chi connectivity index (χ1) is 11.0.